The number of unbranched alkanes of at least 4 members (excludes halogenated alkanes) is 1. The Morgan fingerprint density at radius 2 is 2.30 bits per heavy atom. The summed E-state index contributed by atoms with van der Waals surface area (Å²) < 4.78 is 4.32. The van der Waals surface area contributed by atoms with Crippen LogP contribution in [0.25, 0.3) is 0 Å². The largest absolute Gasteiger partial charge is 0.195 e. The molecule has 0 aliphatic heterocycles. The summed E-state index contributed by atoms with van der Waals surface area (Å²) in [6, 6.07) is 2.07. The fraction of sp³-hybridized carbons (Fsp3) is 0.625. The van der Waals surface area contributed by atoms with E-state index in [-0.39, 0.29) is 0 Å². The second-order valence-electron chi connectivity index (χ2n) is 2.58. The molecule has 0 bridgehead atoms. The van der Waals surface area contributed by atoms with Crippen molar-refractivity contribution < 1.29 is 4.68 Å². The van der Waals surface area contributed by atoms with Gasteiger partial charge < -0.3 is 0 Å². The third-order valence-electron chi connectivity index (χ3n) is 1.71. The van der Waals surface area contributed by atoms with Gasteiger partial charge in [-0.1, -0.05) is 13.3 Å². The lowest BCUT2D eigenvalue weighted by Crippen LogP contribution is -2.40. The second kappa shape index (κ2) is 3.40. The second-order valence-corrected chi connectivity index (χ2v) is 2.58. The summed E-state index contributed by atoms with van der Waals surface area (Å²) in [4.78, 5) is 0. The van der Waals surface area contributed by atoms with Crippen LogP contribution in [-0.2, 0) is 13.6 Å². The van der Waals surface area contributed by atoms with Crippen LogP contribution in [0.3, 0.4) is 0 Å². The molecule has 0 saturated carbocycles. The lowest BCUT2D eigenvalue weighted by molar-refractivity contribution is -0.773. The molecule has 2 heteroatoms. The van der Waals surface area contributed by atoms with Gasteiger partial charge in [-0.25, -0.2) is 0 Å². The van der Waals surface area contributed by atoms with Crippen molar-refractivity contribution in [3.05, 3.63) is 18.5 Å². The zero-order chi connectivity index (χ0) is 7.40. The minimum absolute atomic E-state index is 1.14. The summed E-state index contributed by atoms with van der Waals surface area (Å²) in [5.41, 5.74) is 0. The van der Waals surface area contributed by atoms with Gasteiger partial charge in [-0.3, -0.25) is 0 Å². The van der Waals surface area contributed by atoms with Crippen LogP contribution in [0.4, 0.5) is 0 Å². The van der Waals surface area contributed by atoms with Crippen LogP contribution in [0, 0.1) is 0 Å². The summed E-state index contributed by atoms with van der Waals surface area (Å²) in [5.74, 6) is 0. The maximum absolute atomic E-state index is 2.21. The number of aromatic nitrogens is 2. The van der Waals surface area contributed by atoms with Gasteiger partial charge in [0, 0.05) is 12.5 Å². The van der Waals surface area contributed by atoms with Gasteiger partial charge in [0.2, 0.25) is 0 Å². The van der Waals surface area contributed by atoms with E-state index >= 15 is 0 Å². The topological polar surface area (TPSA) is 8.81 Å². The molecule has 1 aromatic rings. The summed E-state index contributed by atoms with van der Waals surface area (Å²) in [7, 11) is 2.07. The predicted octanol–water partition coefficient (Wildman–Crippen LogP) is 1.11. The van der Waals surface area contributed by atoms with Crippen molar-refractivity contribution in [2.24, 2.45) is 7.05 Å². The highest BCUT2D eigenvalue weighted by molar-refractivity contribution is 4.69. The molecule has 0 amide bonds. The van der Waals surface area contributed by atoms with Crippen molar-refractivity contribution in [2.75, 3.05) is 0 Å². The molecule has 0 unspecified atom stereocenters. The van der Waals surface area contributed by atoms with Gasteiger partial charge in [0.1, 0.15) is 0 Å². The third-order valence-corrected chi connectivity index (χ3v) is 1.71. The van der Waals surface area contributed by atoms with E-state index in [9.17, 15) is 0 Å². The van der Waals surface area contributed by atoms with Crippen molar-refractivity contribution in [2.45, 2.75) is 26.3 Å². The van der Waals surface area contributed by atoms with Gasteiger partial charge in [0.25, 0.3) is 0 Å². The quantitative estimate of drug-likeness (QED) is 0.555. The Labute approximate surface area is 62.1 Å². The number of hydrogen-bond acceptors (Lipinski definition) is 0. The number of hydrogen-bond donors (Lipinski definition) is 0. The van der Waals surface area contributed by atoms with Crippen LogP contribution in [0.2, 0.25) is 0 Å². The van der Waals surface area contributed by atoms with E-state index in [0.717, 1.165) is 6.54 Å². The molecule has 1 aromatic heterocycles. The van der Waals surface area contributed by atoms with Crippen molar-refractivity contribution in [1.82, 2.24) is 4.68 Å². The summed E-state index contributed by atoms with van der Waals surface area (Å²) >= 11 is 0. The van der Waals surface area contributed by atoms with E-state index in [1.54, 1.807) is 0 Å². The van der Waals surface area contributed by atoms with Crippen molar-refractivity contribution in [3.63, 3.8) is 0 Å². The highest BCUT2D eigenvalue weighted by Crippen LogP contribution is 1.85. The first-order valence-electron chi connectivity index (χ1n) is 3.85. The Hall–Kier alpha value is -0.790. The molecule has 0 aliphatic carbocycles. The van der Waals surface area contributed by atoms with Gasteiger partial charge in [-0.15, -0.1) is 4.68 Å². The summed E-state index contributed by atoms with van der Waals surface area (Å²) in [6.07, 6.45) is 6.70. The van der Waals surface area contributed by atoms with Gasteiger partial charge in [-0.05, 0) is 0 Å². The molecule has 0 fully saturated rings. The maximum atomic E-state index is 2.21. The molecule has 0 spiro atoms. The number of nitrogens with zero attached hydrogens (tertiary/aromatic N) is 2. The predicted molar refractivity (Wildman–Crippen MR) is 40.5 cm³/mol. The van der Waals surface area contributed by atoms with Crippen LogP contribution in [0.5, 0.6) is 0 Å². The number of aryl methyl sites for hydroxylation is 2. The zero-order valence-corrected chi connectivity index (χ0v) is 6.75. The van der Waals surface area contributed by atoms with E-state index in [1.807, 2.05) is 0 Å². The van der Waals surface area contributed by atoms with Crippen LogP contribution in [0.15, 0.2) is 18.5 Å². The molecule has 0 aliphatic rings. The van der Waals surface area contributed by atoms with Gasteiger partial charge >= 0.3 is 0 Å². The Morgan fingerprint density at radius 1 is 1.50 bits per heavy atom. The monoisotopic (exact) mass is 139 g/mol. The lowest BCUT2D eigenvalue weighted by atomic mass is 10.3. The first-order chi connectivity index (χ1) is 4.84. The van der Waals surface area contributed by atoms with Gasteiger partial charge in [0.05, 0.1) is 13.2 Å². The minimum Gasteiger partial charge on any atom is -0.164 e. The Kier molecular flexibility index (Phi) is 2.49. The molecule has 2 nitrogen and oxygen atoms in total. The van der Waals surface area contributed by atoms with Crippen LogP contribution >= 0.6 is 0 Å². The van der Waals surface area contributed by atoms with Crippen molar-refractivity contribution >= 4 is 0 Å². The Balaban J connectivity index is 2.49. The standard InChI is InChI=1S/C8H15N2/c1-3-4-7-10-8-5-6-9(10)2/h5-6,8H,3-4,7H2,1-2H3/q+1. The maximum Gasteiger partial charge on any atom is 0.195 e. The lowest BCUT2D eigenvalue weighted by Gasteiger charge is -1.93. The average Bonchev–Trinajstić information content (AvgIpc) is 2.31. The normalized spacial score (nSPS) is 10.2. The molecule has 1 rings (SSSR count). The zero-order valence-electron chi connectivity index (χ0n) is 6.75. The SMILES string of the molecule is CCCC[n+]1cccn1C. The molecule has 0 aromatic carbocycles. The summed E-state index contributed by atoms with van der Waals surface area (Å²) in [5, 5.41) is 0. The Morgan fingerprint density at radius 3 is 2.80 bits per heavy atom. The minimum atomic E-state index is 1.14. The van der Waals surface area contributed by atoms with E-state index in [0.29, 0.717) is 0 Å². The van der Waals surface area contributed by atoms with Gasteiger partial charge in [0.15, 0.2) is 12.7 Å². The molecule has 0 saturated heterocycles. The number of rotatable bonds is 3. The van der Waals surface area contributed by atoms with E-state index in [1.165, 1.54) is 12.8 Å². The fourth-order valence-corrected chi connectivity index (χ4v) is 1.01. The van der Waals surface area contributed by atoms with Crippen LogP contribution in [0.1, 0.15) is 19.8 Å². The molecular weight excluding hydrogens is 124 g/mol. The average molecular weight is 139 g/mol. The van der Waals surface area contributed by atoms with Gasteiger partial charge in [-0.2, -0.15) is 4.68 Å². The van der Waals surface area contributed by atoms with Crippen molar-refractivity contribution in [1.29, 1.82) is 0 Å². The smallest absolute Gasteiger partial charge is 0.164 e. The molecule has 0 N–H and O–H groups in total. The first kappa shape index (κ1) is 7.32. The summed E-state index contributed by atoms with van der Waals surface area (Å²) in [6.45, 7) is 3.35. The molecule has 0 atom stereocenters. The third kappa shape index (κ3) is 1.59. The van der Waals surface area contributed by atoms with E-state index in [2.05, 4.69) is 41.8 Å². The van der Waals surface area contributed by atoms with Crippen molar-refractivity contribution in [3.8, 4) is 0 Å². The highest BCUT2D eigenvalue weighted by atomic mass is 15.4. The first-order valence-corrected chi connectivity index (χ1v) is 3.85. The molecule has 56 valence electrons. The molecule has 0 radical (unpaired) electrons. The fourth-order valence-electron chi connectivity index (χ4n) is 1.01. The molecule has 10 heavy (non-hydrogen) atoms. The molecule has 1 heterocycles. The molecular formula is C8H15N2+. The van der Waals surface area contributed by atoms with Crippen LogP contribution < -0.4 is 4.68 Å². The Bertz CT molecular complexity index is 191. The highest BCUT2D eigenvalue weighted by Gasteiger charge is 2.00. The van der Waals surface area contributed by atoms with E-state index < -0.39 is 0 Å². The van der Waals surface area contributed by atoms with E-state index in [4.69, 9.17) is 0 Å². The van der Waals surface area contributed by atoms with Crippen LogP contribution in [-0.4, -0.2) is 4.68 Å².